The first-order valence-corrected chi connectivity index (χ1v) is 31.9. The van der Waals surface area contributed by atoms with Crippen LogP contribution in [0.15, 0.2) is 0 Å². The number of carbonyl (C=O) groups is 1. The van der Waals surface area contributed by atoms with E-state index in [0.717, 1.165) is 38.5 Å². The van der Waals surface area contributed by atoms with Gasteiger partial charge in [0.25, 0.3) is 0 Å². The number of amides is 1. The Balaban J connectivity index is 3.97. The monoisotopic (exact) mass is 986 g/mol. The van der Waals surface area contributed by atoms with Gasteiger partial charge in [0, 0.05) is 6.42 Å². The number of hydrogen-bond acceptors (Lipinski definition) is 5. The predicted octanol–water partition coefficient (Wildman–Crippen LogP) is 18.4. The van der Waals surface area contributed by atoms with Crippen LogP contribution in [0.1, 0.15) is 322 Å². The van der Waals surface area contributed by atoms with Gasteiger partial charge in [0.1, 0.15) is 13.2 Å². The fraction of sp³-hybridized carbons (Fsp3) is 0.983. The normalized spacial score (nSPS) is 13.8. The Bertz CT molecular complexity index is 1070. The molecular weight excluding hydrogens is 864 g/mol. The molecule has 0 aromatic rings. The van der Waals surface area contributed by atoms with E-state index < -0.39 is 20.0 Å². The molecule has 0 saturated heterocycles. The van der Waals surface area contributed by atoms with Crippen molar-refractivity contribution in [3.63, 3.8) is 0 Å². The Morgan fingerprint density at radius 3 is 0.985 bits per heavy atom. The summed E-state index contributed by atoms with van der Waals surface area (Å²) in [6.45, 7) is 4.94. The van der Waals surface area contributed by atoms with E-state index in [1.165, 1.54) is 257 Å². The molecule has 3 N–H and O–H groups in total. The largest absolute Gasteiger partial charge is 0.472 e. The fourth-order valence-corrected chi connectivity index (χ4v) is 10.3. The minimum atomic E-state index is -4.32. The quantitative estimate of drug-likeness (QED) is 0.0319. The van der Waals surface area contributed by atoms with E-state index in [9.17, 15) is 19.4 Å². The number of aliphatic hydroxyl groups excluding tert-OH is 1. The lowest BCUT2D eigenvalue weighted by Gasteiger charge is -2.26. The summed E-state index contributed by atoms with van der Waals surface area (Å²) < 4.78 is 23.8. The molecule has 3 atom stereocenters. The summed E-state index contributed by atoms with van der Waals surface area (Å²) >= 11 is 0. The molecule has 0 radical (unpaired) electrons. The predicted molar refractivity (Wildman–Crippen MR) is 296 cm³/mol. The average Bonchev–Trinajstić information content (AvgIpc) is 3.30. The highest BCUT2D eigenvalue weighted by molar-refractivity contribution is 7.47. The van der Waals surface area contributed by atoms with Crippen LogP contribution in [0, 0.1) is 0 Å². The molecule has 9 heteroatoms. The van der Waals surface area contributed by atoms with Crippen LogP contribution in [0.3, 0.4) is 0 Å². The van der Waals surface area contributed by atoms with Gasteiger partial charge in [-0.05, 0) is 12.8 Å². The first kappa shape index (κ1) is 67.5. The lowest BCUT2D eigenvalue weighted by Crippen LogP contribution is -2.46. The zero-order valence-corrected chi connectivity index (χ0v) is 47.5. The zero-order chi connectivity index (χ0) is 49.9. The van der Waals surface area contributed by atoms with Crippen molar-refractivity contribution < 1.29 is 32.9 Å². The molecule has 68 heavy (non-hydrogen) atoms. The molecule has 0 aromatic heterocycles. The van der Waals surface area contributed by atoms with Gasteiger partial charge in [-0.3, -0.25) is 13.8 Å². The maximum absolute atomic E-state index is 13.0. The summed E-state index contributed by atoms with van der Waals surface area (Å²) in [5, 5.41) is 14.1. The Morgan fingerprint density at radius 2 is 0.706 bits per heavy atom. The first-order chi connectivity index (χ1) is 33.0. The second-order valence-electron chi connectivity index (χ2n) is 22.4. The molecule has 0 aliphatic heterocycles. The van der Waals surface area contributed by atoms with Gasteiger partial charge in [0.15, 0.2) is 0 Å². The molecule has 1 unspecified atom stereocenters. The number of nitrogens with one attached hydrogen (secondary N) is 1. The van der Waals surface area contributed by atoms with E-state index in [-0.39, 0.29) is 19.1 Å². The van der Waals surface area contributed by atoms with Crippen molar-refractivity contribution >= 4 is 13.7 Å². The lowest BCUT2D eigenvalue weighted by molar-refractivity contribution is -0.870. The number of hydrogen-bond donors (Lipinski definition) is 3. The molecule has 0 rings (SSSR count). The van der Waals surface area contributed by atoms with Crippen LogP contribution < -0.4 is 5.32 Å². The minimum absolute atomic E-state index is 0.0790. The number of unbranched alkanes of at least 4 members (excludes halogenated alkanes) is 44. The van der Waals surface area contributed by atoms with Crippen molar-refractivity contribution in [1.82, 2.24) is 5.32 Å². The second-order valence-corrected chi connectivity index (χ2v) is 23.9. The van der Waals surface area contributed by atoms with Crippen LogP contribution in [-0.4, -0.2) is 73.4 Å². The van der Waals surface area contributed by atoms with E-state index in [0.29, 0.717) is 23.9 Å². The number of rotatable bonds is 57. The van der Waals surface area contributed by atoms with Crippen molar-refractivity contribution in [2.75, 3.05) is 40.9 Å². The third kappa shape index (κ3) is 53.3. The van der Waals surface area contributed by atoms with Crippen molar-refractivity contribution in [2.45, 2.75) is 334 Å². The maximum Gasteiger partial charge on any atom is 0.472 e. The SMILES string of the molecule is CCCCCCCCCCCCCCCCCCCCCCCCCCCCCCCCCC(=O)N[C@@H](COP(=O)(O)OCC[N+](C)(C)C)[C@H](O)CCCCCCCCCCCCCCCCC. The van der Waals surface area contributed by atoms with Gasteiger partial charge in [-0.25, -0.2) is 4.57 Å². The second kappa shape index (κ2) is 51.4. The third-order valence-corrected chi connectivity index (χ3v) is 15.3. The topological polar surface area (TPSA) is 105 Å². The van der Waals surface area contributed by atoms with Crippen LogP contribution in [-0.2, 0) is 18.4 Å². The van der Waals surface area contributed by atoms with E-state index in [2.05, 4.69) is 19.2 Å². The summed E-state index contributed by atoms with van der Waals surface area (Å²) in [5.74, 6) is -0.136. The highest BCUT2D eigenvalue weighted by Gasteiger charge is 2.28. The van der Waals surface area contributed by atoms with Crippen molar-refractivity contribution in [3.05, 3.63) is 0 Å². The Hall–Kier alpha value is -0.500. The molecule has 0 heterocycles. The van der Waals surface area contributed by atoms with Gasteiger partial charge < -0.3 is 19.8 Å². The summed E-state index contributed by atoms with van der Waals surface area (Å²) in [6, 6.07) is -0.755. The molecular formula is C59H122N2O6P+. The molecule has 0 aliphatic rings. The van der Waals surface area contributed by atoms with Crippen LogP contribution in [0.2, 0.25) is 0 Å². The minimum Gasteiger partial charge on any atom is -0.391 e. The average molecular weight is 987 g/mol. The van der Waals surface area contributed by atoms with Gasteiger partial charge in [0.05, 0.1) is 39.9 Å². The van der Waals surface area contributed by atoms with Gasteiger partial charge in [-0.1, -0.05) is 303 Å². The van der Waals surface area contributed by atoms with Crippen LogP contribution in [0.5, 0.6) is 0 Å². The molecule has 0 aliphatic carbocycles. The number of aliphatic hydroxyl groups is 1. The van der Waals surface area contributed by atoms with Gasteiger partial charge in [-0.15, -0.1) is 0 Å². The standard InChI is InChI=1S/C59H121N2O6P/c1-6-8-10-12-14-16-18-20-22-23-24-25-26-27-28-29-30-31-32-33-34-35-36-37-39-41-43-45-47-49-51-53-59(63)60-57(56-67-68(64,65)66-55-54-61(3,4)5)58(62)52-50-48-46-44-42-40-38-21-19-17-15-13-11-9-7-2/h57-58,62H,6-56H2,1-5H3,(H-,60,63,64,65)/p+1/t57-,58+/m0/s1. The molecule has 0 bridgehead atoms. The molecule has 8 nitrogen and oxygen atoms in total. The van der Waals surface area contributed by atoms with Crippen LogP contribution in [0.25, 0.3) is 0 Å². The molecule has 0 aromatic carbocycles. The van der Waals surface area contributed by atoms with E-state index in [1.807, 2.05) is 21.1 Å². The number of likely N-dealkylation sites (N-methyl/N-ethyl adjacent to an activating group) is 1. The summed E-state index contributed by atoms with van der Waals surface area (Å²) in [5.41, 5.74) is 0. The molecule has 0 spiro atoms. The van der Waals surface area contributed by atoms with E-state index in [1.54, 1.807) is 0 Å². The number of carbonyl (C=O) groups excluding carboxylic acids is 1. The van der Waals surface area contributed by atoms with Crippen LogP contribution >= 0.6 is 7.82 Å². The fourth-order valence-electron chi connectivity index (χ4n) is 9.58. The molecule has 0 saturated carbocycles. The Morgan fingerprint density at radius 1 is 0.441 bits per heavy atom. The Labute approximate surface area is 425 Å². The summed E-state index contributed by atoms with van der Waals surface area (Å²) in [6.07, 6.45) is 61.8. The number of phosphoric acid groups is 1. The summed E-state index contributed by atoms with van der Waals surface area (Å²) in [4.78, 5) is 23.3. The Kier molecular flexibility index (Phi) is 51.0. The van der Waals surface area contributed by atoms with E-state index in [4.69, 9.17) is 9.05 Å². The van der Waals surface area contributed by atoms with Crippen molar-refractivity contribution in [1.29, 1.82) is 0 Å². The highest BCUT2D eigenvalue weighted by Crippen LogP contribution is 2.43. The third-order valence-electron chi connectivity index (χ3n) is 14.4. The molecule has 1 amide bonds. The molecule has 0 fully saturated rings. The molecule has 408 valence electrons. The highest BCUT2D eigenvalue weighted by atomic mass is 31.2. The van der Waals surface area contributed by atoms with Gasteiger partial charge >= 0.3 is 7.82 Å². The number of quaternary nitrogens is 1. The zero-order valence-electron chi connectivity index (χ0n) is 46.6. The van der Waals surface area contributed by atoms with E-state index >= 15 is 0 Å². The maximum atomic E-state index is 13.0. The first-order valence-electron chi connectivity index (χ1n) is 30.4. The summed E-state index contributed by atoms with van der Waals surface area (Å²) in [7, 11) is 1.64. The van der Waals surface area contributed by atoms with Gasteiger partial charge in [-0.2, -0.15) is 0 Å². The lowest BCUT2D eigenvalue weighted by atomic mass is 10.0. The van der Waals surface area contributed by atoms with Gasteiger partial charge in [0.2, 0.25) is 5.91 Å². The number of nitrogens with zero attached hydrogens (tertiary/aromatic N) is 1. The smallest absolute Gasteiger partial charge is 0.391 e. The van der Waals surface area contributed by atoms with Crippen molar-refractivity contribution in [2.24, 2.45) is 0 Å². The number of phosphoric ester groups is 1. The van der Waals surface area contributed by atoms with Crippen LogP contribution in [0.4, 0.5) is 0 Å². The van der Waals surface area contributed by atoms with Crippen molar-refractivity contribution in [3.8, 4) is 0 Å².